The molecule has 4 rings (SSSR count). The molecule has 0 saturated carbocycles. The third-order valence-electron chi connectivity index (χ3n) is 5.89. The summed E-state index contributed by atoms with van der Waals surface area (Å²) in [7, 11) is 1.19. The maximum absolute atomic E-state index is 11.5. The predicted molar refractivity (Wildman–Crippen MR) is 127 cm³/mol. The smallest absolute Gasteiger partial charge is 0.371 e. The Morgan fingerprint density at radius 2 is 1.48 bits per heavy atom. The molecule has 6 heteroatoms. The molecule has 31 heavy (non-hydrogen) atoms. The van der Waals surface area contributed by atoms with Crippen LogP contribution in [0.3, 0.4) is 0 Å². The average Bonchev–Trinajstić information content (AvgIpc) is 2.67. The minimum atomic E-state index is -4.13. The first kappa shape index (κ1) is 21.7. The standard InChI is InChI=1S/C25H26ClNO3S/c1-24(2,3)17-10-12-18(13-11-17)27-22-9-7-6-8-20(22)25(4,5)21-16-19(14-15-23(21)27)30-31(26,28)29/h6-16H,1-5H3. The van der Waals surface area contributed by atoms with Gasteiger partial charge in [-0.2, -0.15) is 8.42 Å². The van der Waals surface area contributed by atoms with Crippen LogP contribution in [-0.4, -0.2) is 8.42 Å². The fourth-order valence-electron chi connectivity index (χ4n) is 4.24. The Morgan fingerprint density at radius 3 is 2.10 bits per heavy atom. The van der Waals surface area contributed by atoms with Crippen molar-refractivity contribution in [2.75, 3.05) is 4.90 Å². The molecule has 0 saturated heterocycles. The van der Waals surface area contributed by atoms with Crippen molar-refractivity contribution in [1.82, 2.24) is 0 Å². The van der Waals surface area contributed by atoms with Crippen molar-refractivity contribution in [3.05, 3.63) is 83.4 Å². The van der Waals surface area contributed by atoms with E-state index in [0.29, 0.717) is 0 Å². The van der Waals surface area contributed by atoms with Crippen LogP contribution in [0.2, 0.25) is 0 Å². The number of para-hydroxylation sites is 1. The van der Waals surface area contributed by atoms with E-state index in [4.69, 9.17) is 14.9 Å². The fourth-order valence-corrected chi connectivity index (χ4v) is 4.79. The Bertz CT molecular complexity index is 1240. The quantitative estimate of drug-likeness (QED) is 0.400. The molecule has 3 aromatic carbocycles. The number of halogens is 1. The average molecular weight is 456 g/mol. The Hall–Kier alpha value is -2.50. The Balaban J connectivity index is 1.91. The van der Waals surface area contributed by atoms with Crippen LogP contribution in [0.1, 0.15) is 51.3 Å². The third kappa shape index (κ3) is 4.04. The summed E-state index contributed by atoms with van der Waals surface area (Å²) in [6.45, 7) is 10.8. The lowest BCUT2D eigenvalue weighted by Crippen LogP contribution is -2.30. The van der Waals surface area contributed by atoms with Gasteiger partial charge in [0.2, 0.25) is 0 Å². The second-order valence-electron chi connectivity index (χ2n) is 9.43. The summed E-state index contributed by atoms with van der Waals surface area (Å²) in [5, 5.41) is 0. The van der Waals surface area contributed by atoms with E-state index in [0.717, 1.165) is 28.2 Å². The second kappa shape index (κ2) is 7.28. The van der Waals surface area contributed by atoms with Crippen LogP contribution in [0.25, 0.3) is 0 Å². The molecular formula is C25H26ClNO3S. The first-order valence-electron chi connectivity index (χ1n) is 10.2. The van der Waals surface area contributed by atoms with E-state index in [1.54, 1.807) is 12.1 Å². The van der Waals surface area contributed by atoms with Gasteiger partial charge in [-0.25, -0.2) is 0 Å². The monoisotopic (exact) mass is 455 g/mol. The topological polar surface area (TPSA) is 46.6 Å². The largest absolute Gasteiger partial charge is 0.401 e. The molecule has 0 aliphatic carbocycles. The molecule has 162 valence electrons. The number of benzene rings is 3. The SMILES string of the molecule is CC(C)(C)c1ccc(N2c3ccccc3C(C)(C)c3cc(OS(=O)(=O)Cl)ccc32)cc1. The fraction of sp³-hybridized carbons (Fsp3) is 0.280. The summed E-state index contributed by atoms with van der Waals surface area (Å²) in [5.74, 6) is 0.198. The number of rotatable bonds is 3. The molecule has 3 aromatic rings. The minimum Gasteiger partial charge on any atom is -0.371 e. The van der Waals surface area contributed by atoms with E-state index in [1.807, 2.05) is 18.2 Å². The molecule has 1 aliphatic heterocycles. The van der Waals surface area contributed by atoms with Crippen LogP contribution >= 0.6 is 10.7 Å². The van der Waals surface area contributed by atoms with Gasteiger partial charge in [-0.1, -0.05) is 65.0 Å². The molecule has 0 radical (unpaired) electrons. The number of anilines is 3. The van der Waals surface area contributed by atoms with Gasteiger partial charge in [0.15, 0.2) is 0 Å². The van der Waals surface area contributed by atoms with Crippen LogP contribution in [0.15, 0.2) is 66.7 Å². The Labute approximate surface area is 189 Å². The molecule has 0 aromatic heterocycles. The molecule has 1 aliphatic rings. The van der Waals surface area contributed by atoms with Crippen molar-refractivity contribution in [2.24, 2.45) is 0 Å². The van der Waals surface area contributed by atoms with Crippen LogP contribution in [-0.2, 0) is 20.2 Å². The van der Waals surface area contributed by atoms with Gasteiger partial charge < -0.3 is 9.08 Å². The van der Waals surface area contributed by atoms with E-state index in [-0.39, 0.29) is 16.6 Å². The highest BCUT2D eigenvalue weighted by Gasteiger charge is 2.37. The number of hydrogen-bond acceptors (Lipinski definition) is 4. The lowest BCUT2D eigenvalue weighted by molar-refractivity contribution is 0.501. The Morgan fingerprint density at radius 1 is 0.871 bits per heavy atom. The van der Waals surface area contributed by atoms with Gasteiger partial charge in [0.25, 0.3) is 0 Å². The zero-order valence-electron chi connectivity index (χ0n) is 18.3. The van der Waals surface area contributed by atoms with Gasteiger partial charge >= 0.3 is 9.33 Å². The second-order valence-corrected chi connectivity index (χ2v) is 11.5. The van der Waals surface area contributed by atoms with Crippen molar-refractivity contribution in [2.45, 2.75) is 45.4 Å². The molecule has 4 nitrogen and oxygen atoms in total. The van der Waals surface area contributed by atoms with Crippen LogP contribution in [0.4, 0.5) is 17.1 Å². The number of nitrogens with zero attached hydrogens (tertiary/aromatic N) is 1. The van der Waals surface area contributed by atoms with Crippen molar-refractivity contribution in [1.29, 1.82) is 0 Å². The minimum absolute atomic E-state index is 0.0670. The van der Waals surface area contributed by atoms with Gasteiger partial charge in [-0.05, 0) is 58.5 Å². The molecule has 0 amide bonds. The molecule has 0 spiro atoms. The van der Waals surface area contributed by atoms with E-state index in [1.165, 1.54) is 5.56 Å². The van der Waals surface area contributed by atoms with Gasteiger partial charge in [-0.3, -0.25) is 0 Å². The highest BCUT2D eigenvalue weighted by atomic mass is 35.7. The first-order chi connectivity index (χ1) is 14.4. The van der Waals surface area contributed by atoms with Crippen LogP contribution < -0.4 is 9.08 Å². The van der Waals surface area contributed by atoms with Gasteiger partial charge in [-0.15, -0.1) is 0 Å². The summed E-state index contributed by atoms with van der Waals surface area (Å²) in [4.78, 5) is 2.21. The van der Waals surface area contributed by atoms with Crippen molar-refractivity contribution in [3.8, 4) is 5.75 Å². The van der Waals surface area contributed by atoms with Crippen molar-refractivity contribution >= 4 is 37.1 Å². The number of hydrogen-bond donors (Lipinski definition) is 0. The molecule has 0 unspecified atom stereocenters. The Kier molecular flexibility index (Phi) is 5.10. The summed E-state index contributed by atoms with van der Waals surface area (Å²) in [5.41, 5.74) is 6.20. The maximum atomic E-state index is 11.5. The zero-order valence-corrected chi connectivity index (χ0v) is 19.9. The highest BCUT2D eigenvalue weighted by Crippen LogP contribution is 2.52. The first-order valence-corrected chi connectivity index (χ1v) is 12.4. The summed E-state index contributed by atoms with van der Waals surface area (Å²) in [6, 6.07) is 22.2. The molecule has 0 fully saturated rings. The summed E-state index contributed by atoms with van der Waals surface area (Å²) < 4.78 is 27.9. The normalized spacial score (nSPS) is 15.2. The van der Waals surface area contributed by atoms with Crippen LogP contribution in [0, 0.1) is 0 Å². The molecule has 0 bridgehead atoms. The predicted octanol–water partition coefficient (Wildman–Crippen LogP) is 6.96. The summed E-state index contributed by atoms with van der Waals surface area (Å²) in [6.07, 6.45) is 0. The lowest BCUT2D eigenvalue weighted by atomic mass is 9.73. The van der Waals surface area contributed by atoms with Gasteiger partial charge in [0.05, 0.1) is 22.1 Å². The third-order valence-corrected chi connectivity index (χ3v) is 6.47. The summed E-state index contributed by atoms with van der Waals surface area (Å²) >= 11 is 0. The highest BCUT2D eigenvalue weighted by molar-refractivity contribution is 8.10. The zero-order chi connectivity index (χ0) is 22.6. The van der Waals surface area contributed by atoms with E-state index >= 15 is 0 Å². The van der Waals surface area contributed by atoms with Crippen LogP contribution in [0.5, 0.6) is 5.75 Å². The molecule has 1 heterocycles. The van der Waals surface area contributed by atoms with Crippen molar-refractivity contribution in [3.63, 3.8) is 0 Å². The van der Waals surface area contributed by atoms with Crippen molar-refractivity contribution < 1.29 is 12.6 Å². The number of fused-ring (bicyclic) bond motifs is 2. The van der Waals surface area contributed by atoms with Gasteiger partial charge in [0.1, 0.15) is 5.75 Å². The lowest BCUT2D eigenvalue weighted by Gasteiger charge is -2.42. The van der Waals surface area contributed by atoms with E-state index < -0.39 is 9.33 Å². The van der Waals surface area contributed by atoms with E-state index in [2.05, 4.69) is 75.9 Å². The molecule has 0 atom stereocenters. The van der Waals surface area contributed by atoms with E-state index in [9.17, 15) is 8.42 Å². The molecule has 0 N–H and O–H groups in total. The molecular weight excluding hydrogens is 430 g/mol. The van der Waals surface area contributed by atoms with Gasteiger partial charge in [0, 0.05) is 11.1 Å². The maximum Gasteiger partial charge on any atom is 0.401 e.